The second-order valence-electron chi connectivity index (χ2n) is 10.5. The van der Waals surface area contributed by atoms with Crippen molar-refractivity contribution in [2.75, 3.05) is 33.2 Å². The molecule has 2 aliphatic rings. The normalized spacial score (nSPS) is 19.9. The number of carbonyl (C=O) groups is 4. The summed E-state index contributed by atoms with van der Waals surface area (Å²) in [6, 6.07) is 12.0. The van der Waals surface area contributed by atoms with Gasteiger partial charge >= 0.3 is 12.1 Å². The van der Waals surface area contributed by atoms with Crippen molar-refractivity contribution < 1.29 is 33.2 Å². The Morgan fingerprint density at radius 1 is 1.21 bits per heavy atom. The van der Waals surface area contributed by atoms with E-state index in [1.165, 1.54) is 29.3 Å². The van der Waals surface area contributed by atoms with Gasteiger partial charge in [-0.3, -0.25) is 19.2 Å². The lowest BCUT2D eigenvalue weighted by Gasteiger charge is -2.09. The van der Waals surface area contributed by atoms with Crippen LogP contribution < -0.4 is 5.32 Å². The third kappa shape index (κ3) is 8.99. The number of nitrogens with one attached hydrogen (secondary N) is 1. The molecule has 2 amide bonds. The highest BCUT2D eigenvalue weighted by Crippen LogP contribution is 2.60. The number of ether oxygens (including phenoxy) is 1. The Morgan fingerprint density at radius 3 is 2.52 bits per heavy atom. The van der Waals surface area contributed by atoms with Crippen molar-refractivity contribution in [2.24, 2.45) is 22.4 Å². The first-order valence-corrected chi connectivity index (χ1v) is 15.6. The number of nitrogens with zero attached hydrogens (tertiary/aromatic N) is 2. The first kappa shape index (κ1) is 33.0. The van der Waals surface area contributed by atoms with Crippen molar-refractivity contribution in [1.82, 2.24) is 10.2 Å². The summed E-state index contributed by atoms with van der Waals surface area (Å²) in [5, 5.41) is 5.90. The lowest BCUT2D eigenvalue weighted by molar-refractivity contribution is -0.147. The predicted molar refractivity (Wildman–Crippen MR) is 164 cm³/mol. The van der Waals surface area contributed by atoms with Crippen LogP contribution >= 0.6 is 23.5 Å². The number of amides is 2. The molecule has 2 atom stereocenters. The molecule has 0 spiro atoms. The molecule has 226 valence electrons. The first-order chi connectivity index (χ1) is 20.0. The van der Waals surface area contributed by atoms with Crippen LogP contribution in [0, 0.1) is 17.3 Å². The third-order valence-corrected chi connectivity index (χ3v) is 8.49. The van der Waals surface area contributed by atoms with E-state index in [0.717, 1.165) is 40.8 Å². The van der Waals surface area contributed by atoms with E-state index < -0.39 is 6.09 Å². The fourth-order valence-electron chi connectivity index (χ4n) is 4.37. The highest BCUT2D eigenvalue weighted by atomic mass is 32.2. The maximum absolute atomic E-state index is 12.6. The van der Waals surface area contributed by atoms with E-state index in [-0.39, 0.29) is 45.9 Å². The van der Waals surface area contributed by atoms with Crippen LogP contribution in [0.5, 0.6) is 0 Å². The molecular weight excluding hydrogens is 578 g/mol. The molecule has 1 saturated carbocycles. The predicted octanol–water partition coefficient (Wildman–Crippen LogP) is 4.88. The minimum Gasteiger partial charge on any atom is -0.469 e. The number of furan rings is 1. The molecule has 2 aromatic rings. The maximum atomic E-state index is 12.6. The molecule has 1 aliphatic heterocycles. The van der Waals surface area contributed by atoms with Crippen LogP contribution in [-0.4, -0.2) is 66.2 Å². The van der Waals surface area contributed by atoms with E-state index in [1.807, 2.05) is 30.3 Å². The van der Waals surface area contributed by atoms with Gasteiger partial charge in [0.2, 0.25) is 10.2 Å². The maximum Gasteiger partial charge on any atom is 0.433 e. The van der Waals surface area contributed by atoms with Crippen LogP contribution in [0.15, 0.2) is 63.9 Å². The number of benzene rings is 1. The monoisotopic (exact) mass is 615 g/mol. The van der Waals surface area contributed by atoms with Crippen LogP contribution in [0.2, 0.25) is 0 Å². The molecule has 4 rings (SSSR count). The second-order valence-corrected chi connectivity index (χ2v) is 12.4. The number of oxime groups is 1. The quantitative estimate of drug-likeness (QED) is 0.116. The van der Waals surface area contributed by atoms with Gasteiger partial charge in [0.15, 0.2) is 0 Å². The van der Waals surface area contributed by atoms with E-state index in [0.29, 0.717) is 6.42 Å². The average molecular weight is 616 g/mol. The number of rotatable bonds is 7. The van der Waals surface area contributed by atoms with Gasteiger partial charge in [0.25, 0.3) is 5.91 Å². The fraction of sp³-hybridized carbons (Fsp3) is 0.433. The van der Waals surface area contributed by atoms with Gasteiger partial charge in [0, 0.05) is 44.5 Å². The Morgan fingerprint density at radius 2 is 1.93 bits per heavy atom. The summed E-state index contributed by atoms with van der Waals surface area (Å²) in [6.45, 7) is 4.33. The first-order valence-electron chi connectivity index (χ1n) is 13.3. The number of hydrogen-bond acceptors (Lipinski definition) is 10. The smallest absolute Gasteiger partial charge is 0.433 e. The molecule has 1 aromatic carbocycles. The molecule has 10 nitrogen and oxygen atoms in total. The van der Waals surface area contributed by atoms with Gasteiger partial charge in [-0.25, -0.2) is 4.79 Å². The zero-order valence-corrected chi connectivity index (χ0v) is 26.3. The van der Waals surface area contributed by atoms with Gasteiger partial charge in [0.1, 0.15) is 12.4 Å². The minimum absolute atomic E-state index is 0.0793. The standard InChI is InChI=1S/C23H24O4S.C7H13N3O3S/c1-23(2)19(12-17-8-9-28-22(17)25)20(23)21(24)27-14-16-11-18(26-13-16)10-15-6-4-3-5-7-15;1-8-7(12)13-9-5(14-4)6(11)10(2)3/h3-7,11-13,19-20H,8-10,14H2,1-2H3;1-4H3,(H,8,12)/b17-12+;/t19-,20-;/m1./s1. The van der Waals surface area contributed by atoms with Crippen LogP contribution in [0.4, 0.5) is 4.79 Å². The summed E-state index contributed by atoms with van der Waals surface area (Å²) >= 11 is 2.47. The van der Waals surface area contributed by atoms with Gasteiger partial charge < -0.3 is 19.4 Å². The SMILES string of the molecule is CC1(C)[C@H](/C=C2\CCSC2=O)[C@@H]1C(=O)OCc1coc(Cc2ccccc2)c1.CNC(=O)ON=C(SC)C(=O)N(C)C. The Bertz CT molecular complexity index is 1340. The van der Waals surface area contributed by atoms with E-state index in [2.05, 4.69) is 41.3 Å². The molecule has 1 N–H and O–H groups in total. The highest BCUT2D eigenvalue weighted by Gasteiger charge is 2.61. The van der Waals surface area contributed by atoms with Crippen molar-refractivity contribution >= 4 is 51.7 Å². The van der Waals surface area contributed by atoms with Crippen molar-refractivity contribution in [3.05, 3.63) is 71.2 Å². The fourth-order valence-corrected chi connectivity index (χ4v) is 5.71. The highest BCUT2D eigenvalue weighted by molar-refractivity contribution is 8.15. The molecule has 0 unspecified atom stereocenters. The second kappa shape index (κ2) is 15.1. The van der Waals surface area contributed by atoms with Crippen LogP contribution in [0.25, 0.3) is 0 Å². The number of esters is 1. The molecule has 1 aromatic heterocycles. The van der Waals surface area contributed by atoms with Gasteiger partial charge in [0.05, 0.1) is 12.2 Å². The van der Waals surface area contributed by atoms with Crippen LogP contribution in [0.1, 0.15) is 37.2 Å². The average Bonchev–Trinajstić information content (AvgIpc) is 3.29. The molecule has 12 heteroatoms. The lowest BCUT2D eigenvalue weighted by atomic mass is 10.1. The minimum atomic E-state index is -0.705. The van der Waals surface area contributed by atoms with Gasteiger partial charge in [-0.15, -0.1) is 11.8 Å². The van der Waals surface area contributed by atoms with Gasteiger partial charge in [-0.2, -0.15) is 0 Å². The number of thioether (sulfide) groups is 2. The summed E-state index contributed by atoms with van der Waals surface area (Å²) in [5.74, 6) is 1.09. The van der Waals surface area contributed by atoms with Crippen molar-refractivity contribution in [3.63, 3.8) is 0 Å². The van der Waals surface area contributed by atoms with E-state index in [9.17, 15) is 19.2 Å². The molecule has 2 heterocycles. The van der Waals surface area contributed by atoms with Gasteiger partial charge in [-0.05, 0) is 35.6 Å². The topological polar surface area (TPSA) is 128 Å². The Kier molecular flexibility index (Phi) is 11.9. The Labute approximate surface area is 254 Å². The van der Waals surface area contributed by atoms with Crippen molar-refractivity contribution in [2.45, 2.75) is 33.3 Å². The molecule has 2 fully saturated rings. The van der Waals surface area contributed by atoms with E-state index >= 15 is 0 Å². The third-order valence-electron chi connectivity index (χ3n) is 6.92. The largest absolute Gasteiger partial charge is 0.469 e. The zero-order chi connectivity index (χ0) is 30.9. The molecule has 42 heavy (non-hydrogen) atoms. The van der Waals surface area contributed by atoms with Crippen LogP contribution in [0.3, 0.4) is 0 Å². The summed E-state index contributed by atoms with van der Waals surface area (Å²) in [4.78, 5) is 52.1. The molecular formula is C30H37N3O7S2. The summed E-state index contributed by atoms with van der Waals surface area (Å²) in [7, 11) is 4.59. The van der Waals surface area contributed by atoms with E-state index in [4.69, 9.17) is 9.15 Å². The summed E-state index contributed by atoms with van der Waals surface area (Å²) < 4.78 is 11.2. The summed E-state index contributed by atoms with van der Waals surface area (Å²) in [5.41, 5.74) is 2.73. The van der Waals surface area contributed by atoms with Crippen molar-refractivity contribution in [3.8, 4) is 0 Å². The Hall–Kier alpha value is -3.51. The molecule has 0 bridgehead atoms. The van der Waals surface area contributed by atoms with Crippen LogP contribution in [-0.2, 0) is 37.0 Å². The molecule has 1 aliphatic carbocycles. The van der Waals surface area contributed by atoms with Gasteiger partial charge in [-0.1, -0.05) is 67.2 Å². The lowest BCUT2D eigenvalue weighted by Crippen LogP contribution is -2.28. The molecule has 0 radical (unpaired) electrons. The number of hydrogen-bond donors (Lipinski definition) is 1. The number of carbonyl (C=O) groups excluding carboxylic acids is 4. The molecule has 1 saturated heterocycles. The Balaban J connectivity index is 0.000000295. The number of allylic oxidation sites excluding steroid dienone is 1. The van der Waals surface area contributed by atoms with Crippen molar-refractivity contribution in [1.29, 1.82) is 0 Å². The zero-order valence-electron chi connectivity index (χ0n) is 24.7. The summed E-state index contributed by atoms with van der Waals surface area (Å²) in [6.07, 6.45) is 6.14. The van der Waals surface area contributed by atoms with E-state index in [1.54, 1.807) is 26.6 Å².